The predicted molar refractivity (Wildman–Crippen MR) is 179 cm³/mol. The minimum Gasteiger partial charge on any atom is -0.456 e. The van der Waals surface area contributed by atoms with E-state index in [2.05, 4.69) is 47.9 Å². The number of para-hydroxylation sites is 3. The summed E-state index contributed by atoms with van der Waals surface area (Å²) in [6, 6.07) is 36.5. The number of rotatable bonds is 6. The second-order valence-corrected chi connectivity index (χ2v) is 12.6. The molecule has 1 fully saturated rings. The lowest BCUT2D eigenvalue weighted by molar-refractivity contribution is 0.0226. The molecule has 5 heteroatoms. The van der Waals surface area contributed by atoms with Crippen molar-refractivity contribution in [1.82, 2.24) is 0 Å². The number of hydrogen-bond donors (Lipinski definition) is 2. The summed E-state index contributed by atoms with van der Waals surface area (Å²) in [7, 11) is 0. The van der Waals surface area contributed by atoms with Crippen molar-refractivity contribution in [1.29, 1.82) is 0 Å². The van der Waals surface area contributed by atoms with E-state index in [0.29, 0.717) is 17.1 Å². The maximum Gasteiger partial charge on any atom is 0.342 e. The van der Waals surface area contributed by atoms with Crippen LogP contribution in [0.3, 0.4) is 0 Å². The molecule has 0 unspecified atom stereocenters. The highest BCUT2D eigenvalue weighted by molar-refractivity contribution is 6.06. The summed E-state index contributed by atoms with van der Waals surface area (Å²) in [5.41, 5.74) is 7.55. The number of anilines is 4. The zero-order chi connectivity index (χ0) is 30.4. The molecule has 5 aromatic rings. The van der Waals surface area contributed by atoms with Crippen LogP contribution in [0.15, 0.2) is 109 Å². The van der Waals surface area contributed by atoms with Crippen LogP contribution in [0.25, 0.3) is 0 Å². The fourth-order valence-electron chi connectivity index (χ4n) is 7.54. The lowest BCUT2D eigenvalue weighted by atomic mass is 9.76. The van der Waals surface area contributed by atoms with E-state index in [1.54, 1.807) is 0 Å². The van der Waals surface area contributed by atoms with Crippen LogP contribution in [0.1, 0.15) is 70.3 Å². The molecule has 1 spiro atoms. The Balaban J connectivity index is 1.31. The summed E-state index contributed by atoms with van der Waals surface area (Å²) in [6.45, 7) is 2.09. The second-order valence-electron chi connectivity index (χ2n) is 12.6. The van der Waals surface area contributed by atoms with E-state index >= 15 is 0 Å². The summed E-state index contributed by atoms with van der Waals surface area (Å²) in [4.78, 5) is 14.3. The van der Waals surface area contributed by atoms with Crippen molar-refractivity contribution in [2.45, 2.75) is 51.0 Å². The van der Waals surface area contributed by atoms with Gasteiger partial charge in [0, 0.05) is 28.1 Å². The van der Waals surface area contributed by atoms with Crippen LogP contribution in [0, 0.1) is 12.8 Å². The molecule has 1 aliphatic carbocycles. The fourth-order valence-corrected chi connectivity index (χ4v) is 7.54. The predicted octanol–water partition coefficient (Wildman–Crippen LogP) is 10.2. The highest BCUT2D eigenvalue weighted by Crippen LogP contribution is 2.59. The van der Waals surface area contributed by atoms with Gasteiger partial charge in [0.1, 0.15) is 11.5 Å². The van der Waals surface area contributed by atoms with Crippen molar-refractivity contribution >= 4 is 28.7 Å². The van der Waals surface area contributed by atoms with Gasteiger partial charge in [-0.25, -0.2) is 4.79 Å². The smallest absolute Gasteiger partial charge is 0.342 e. The Morgan fingerprint density at radius 3 is 2.13 bits per heavy atom. The number of hydrogen-bond acceptors (Lipinski definition) is 5. The van der Waals surface area contributed by atoms with E-state index in [0.717, 1.165) is 57.3 Å². The zero-order valence-corrected chi connectivity index (χ0v) is 25.4. The number of esters is 1. The molecule has 45 heavy (non-hydrogen) atoms. The zero-order valence-electron chi connectivity index (χ0n) is 25.4. The average Bonchev–Trinajstić information content (AvgIpc) is 3.37. The first-order chi connectivity index (χ1) is 22.1. The highest BCUT2D eigenvalue weighted by Gasteiger charge is 2.56. The number of aryl methyl sites for hydroxylation is 1. The van der Waals surface area contributed by atoms with Crippen molar-refractivity contribution in [3.8, 4) is 11.5 Å². The molecule has 0 bridgehead atoms. The van der Waals surface area contributed by atoms with E-state index in [9.17, 15) is 4.79 Å². The Morgan fingerprint density at radius 1 is 0.733 bits per heavy atom. The minimum absolute atomic E-state index is 0.367. The average molecular weight is 593 g/mol. The molecular formula is C40H36N2O3. The van der Waals surface area contributed by atoms with Crippen LogP contribution < -0.4 is 15.4 Å². The fraction of sp³-hybridized carbons (Fsp3) is 0.225. The molecule has 2 heterocycles. The lowest BCUT2D eigenvalue weighted by Crippen LogP contribution is -2.33. The molecule has 3 aliphatic rings. The van der Waals surface area contributed by atoms with Gasteiger partial charge in [-0.15, -0.1) is 0 Å². The third-order valence-electron chi connectivity index (χ3n) is 9.58. The number of benzene rings is 5. The van der Waals surface area contributed by atoms with Gasteiger partial charge in [0.05, 0.1) is 16.9 Å². The van der Waals surface area contributed by atoms with Crippen molar-refractivity contribution in [2.24, 2.45) is 5.92 Å². The molecule has 0 radical (unpaired) electrons. The molecule has 2 N–H and O–H groups in total. The van der Waals surface area contributed by atoms with E-state index in [1.807, 2.05) is 78.9 Å². The Morgan fingerprint density at radius 2 is 1.40 bits per heavy atom. The van der Waals surface area contributed by atoms with Crippen LogP contribution in [0.4, 0.5) is 22.7 Å². The van der Waals surface area contributed by atoms with E-state index < -0.39 is 5.60 Å². The van der Waals surface area contributed by atoms with E-state index in [1.165, 1.54) is 37.7 Å². The number of carbonyl (C=O) groups is 1. The van der Waals surface area contributed by atoms with Crippen LogP contribution >= 0.6 is 0 Å². The molecule has 5 nitrogen and oxygen atoms in total. The van der Waals surface area contributed by atoms with Gasteiger partial charge in [-0.1, -0.05) is 98.8 Å². The van der Waals surface area contributed by atoms with Crippen LogP contribution in [0.5, 0.6) is 11.5 Å². The molecule has 5 aromatic carbocycles. The number of carbonyl (C=O) groups excluding carboxylic acids is 1. The normalized spacial score (nSPS) is 16.2. The topological polar surface area (TPSA) is 59.6 Å². The second kappa shape index (κ2) is 11.2. The van der Waals surface area contributed by atoms with Gasteiger partial charge in [0.15, 0.2) is 5.60 Å². The summed E-state index contributed by atoms with van der Waals surface area (Å²) in [5.74, 6) is 1.73. The van der Waals surface area contributed by atoms with Crippen molar-refractivity contribution in [3.63, 3.8) is 0 Å². The summed E-state index contributed by atoms with van der Waals surface area (Å²) >= 11 is 0. The van der Waals surface area contributed by atoms with Crippen molar-refractivity contribution in [2.75, 3.05) is 10.6 Å². The van der Waals surface area contributed by atoms with Gasteiger partial charge in [-0.2, -0.15) is 0 Å². The lowest BCUT2D eigenvalue weighted by Gasteiger charge is -2.37. The Hall–Kier alpha value is -5.03. The standard InChI is InChI=1S/C40H36N2O3/c1-26-23-33(41-30-18-12-15-28(25-30)24-27-13-4-2-5-14-27)36-37(38(26)42-29-16-6-3-7-17-29)40(45-39(36)43)31-19-8-10-21-34(31)44-35-22-11-9-20-32(35)40/h3,6-12,15-23,25,27,41-42H,2,4-5,13-14,24H2,1H3. The third kappa shape index (κ3) is 4.74. The van der Waals surface area contributed by atoms with Gasteiger partial charge in [-0.05, 0) is 72.9 Å². The highest BCUT2D eigenvalue weighted by atomic mass is 16.6. The molecule has 0 aromatic heterocycles. The van der Waals surface area contributed by atoms with Gasteiger partial charge in [0.2, 0.25) is 0 Å². The van der Waals surface area contributed by atoms with Gasteiger partial charge in [-0.3, -0.25) is 0 Å². The van der Waals surface area contributed by atoms with Gasteiger partial charge >= 0.3 is 5.97 Å². The first-order valence-electron chi connectivity index (χ1n) is 16.1. The number of nitrogens with one attached hydrogen (secondary N) is 2. The largest absolute Gasteiger partial charge is 0.456 e. The quantitative estimate of drug-likeness (QED) is 0.192. The molecule has 0 atom stereocenters. The van der Waals surface area contributed by atoms with Crippen LogP contribution in [-0.2, 0) is 16.8 Å². The summed E-state index contributed by atoms with van der Waals surface area (Å²) < 4.78 is 13.0. The summed E-state index contributed by atoms with van der Waals surface area (Å²) in [5, 5.41) is 7.33. The Labute approximate surface area is 264 Å². The number of fused-ring (bicyclic) bond motifs is 6. The Bertz CT molecular complexity index is 1860. The number of ether oxygens (including phenoxy) is 2. The minimum atomic E-state index is -1.19. The molecule has 0 amide bonds. The maximum absolute atomic E-state index is 14.3. The first-order valence-corrected chi connectivity index (χ1v) is 16.1. The van der Waals surface area contributed by atoms with Crippen molar-refractivity contribution in [3.05, 3.63) is 143 Å². The molecular weight excluding hydrogens is 556 g/mol. The van der Waals surface area contributed by atoms with E-state index in [4.69, 9.17) is 9.47 Å². The van der Waals surface area contributed by atoms with Gasteiger partial charge < -0.3 is 20.1 Å². The van der Waals surface area contributed by atoms with Gasteiger partial charge in [0.25, 0.3) is 0 Å². The third-order valence-corrected chi connectivity index (χ3v) is 9.58. The maximum atomic E-state index is 14.3. The van der Waals surface area contributed by atoms with Crippen LogP contribution in [0.2, 0.25) is 0 Å². The molecule has 1 saturated carbocycles. The molecule has 224 valence electrons. The van der Waals surface area contributed by atoms with Crippen LogP contribution in [-0.4, -0.2) is 5.97 Å². The first kappa shape index (κ1) is 27.5. The van der Waals surface area contributed by atoms with Crippen molar-refractivity contribution < 1.29 is 14.3 Å². The Kier molecular flexibility index (Phi) is 6.82. The molecule has 0 saturated heterocycles. The SMILES string of the molecule is Cc1cc(Nc2cccc(CC3CCCCC3)c2)c2c(c1Nc1ccccc1)C1(OC2=O)c2ccccc2Oc2ccccc21. The monoisotopic (exact) mass is 592 g/mol. The molecule has 2 aliphatic heterocycles. The summed E-state index contributed by atoms with van der Waals surface area (Å²) in [6.07, 6.45) is 7.72. The molecule has 8 rings (SSSR count). The van der Waals surface area contributed by atoms with E-state index in [-0.39, 0.29) is 5.97 Å².